The normalized spacial score (nSPS) is 49.8. The molecule has 0 bridgehead atoms. The van der Waals surface area contributed by atoms with E-state index in [1.807, 2.05) is 20.8 Å². The Hall–Kier alpha value is -0.600. The predicted molar refractivity (Wildman–Crippen MR) is 69.5 cm³/mol. The highest BCUT2D eigenvalue weighted by Crippen LogP contribution is 2.55. The van der Waals surface area contributed by atoms with E-state index in [1.54, 1.807) is 0 Å². The van der Waals surface area contributed by atoms with Crippen molar-refractivity contribution in [3.05, 3.63) is 24.3 Å². The second kappa shape index (κ2) is 3.96. The molecule has 0 heterocycles. The summed E-state index contributed by atoms with van der Waals surface area (Å²) in [5.41, 5.74) is -0.142. The van der Waals surface area contributed by atoms with Gasteiger partial charge in [0.15, 0.2) is 0 Å². The van der Waals surface area contributed by atoms with E-state index >= 15 is 0 Å². The number of hydrogen-bond donors (Lipinski definition) is 2. The second-order valence-corrected chi connectivity index (χ2v) is 6.26. The van der Waals surface area contributed by atoms with E-state index in [2.05, 4.69) is 18.7 Å². The molecule has 0 aromatic heterocycles. The summed E-state index contributed by atoms with van der Waals surface area (Å²) >= 11 is 0. The Bertz CT molecular complexity index is 360. The quantitative estimate of drug-likeness (QED) is 0.687. The van der Waals surface area contributed by atoms with E-state index in [0.29, 0.717) is 0 Å². The summed E-state index contributed by atoms with van der Waals surface area (Å²) in [6.45, 7) is 10.0. The van der Waals surface area contributed by atoms with Crippen molar-refractivity contribution in [2.24, 2.45) is 17.3 Å². The summed E-state index contributed by atoms with van der Waals surface area (Å²) in [5, 5.41) is 21.5. The van der Waals surface area contributed by atoms with Crippen molar-refractivity contribution in [3.63, 3.8) is 0 Å². The first kappa shape index (κ1) is 12.8. The van der Waals surface area contributed by atoms with Crippen LogP contribution in [0.1, 0.15) is 40.0 Å². The lowest BCUT2D eigenvalue weighted by Gasteiger charge is -2.57. The fraction of sp³-hybridized carbons (Fsp3) is 0.733. The van der Waals surface area contributed by atoms with Gasteiger partial charge in [0.1, 0.15) is 0 Å². The lowest BCUT2D eigenvalue weighted by atomic mass is 9.52. The molecule has 0 saturated heterocycles. The molecule has 1 saturated carbocycles. The van der Waals surface area contributed by atoms with Crippen LogP contribution in [0.25, 0.3) is 0 Å². The van der Waals surface area contributed by atoms with Crippen molar-refractivity contribution in [3.8, 4) is 0 Å². The lowest BCUT2D eigenvalue weighted by Crippen LogP contribution is -2.62. The van der Waals surface area contributed by atoms with Crippen LogP contribution in [0, 0.1) is 17.3 Å². The van der Waals surface area contributed by atoms with E-state index in [-0.39, 0.29) is 11.8 Å². The molecule has 2 N–H and O–H groups in total. The van der Waals surface area contributed by atoms with Gasteiger partial charge in [0, 0.05) is 11.3 Å². The van der Waals surface area contributed by atoms with Crippen molar-refractivity contribution in [2.75, 3.05) is 0 Å². The molecule has 1 fully saturated rings. The van der Waals surface area contributed by atoms with Gasteiger partial charge in [-0.2, -0.15) is 0 Å². The molecular formula is C15H24O2. The zero-order valence-corrected chi connectivity index (χ0v) is 11.1. The molecule has 2 heteroatoms. The molecule has 2 aliphatic carbocycles. The van der Waals surface area contributed by atoms with Crippen LogP contribution in [-0.4, -0.2) is 21.9 Å². The molecule has 2 nitrogen and oxygen atoms in total. The van der Waals surface area contributed by atoms with Gasteiger partial charge in [-0.3, -0.25) is 0 Å². The van der Waals surface area contributed by atoms with Crippen LogP contribution in [0.4, 0.5) is 0 Å². The number of aliphatic hydroxyl groups is 2. The monoisotopic (exact) mass is 236 g/mol. The first-order valence-corrected chi connectivity index (χ1v) is 6.54. The Morgan fingerprint density at radius 2 is 2.12 bits per heavy atom. The minimum atomic E-state index is -0.803. The van der Waals surface area contributed by atoms with Crippen LogP contribution in [-0.2, 0) is 0 Å². The van der Waals surface area contributed by atoms with E-state index in [0.717, 1.165) is 24.8 Å². The van der Waals surface area contributed by atoms with Gasteiger partial charge in [-0.25, -0.2) is 0 Å². The van der Waals surface area contributed by atoms with Gasteiger partial charge >= 0.3 is 0 Å². The highest BCUT2D eigenvalue weighted by atomic mass is 16.3. The third-order valence-corrected chi connectivity index (χ3v) is 5.21. The molecule has 0 radical (unpaired) electrons. The summed E-state index contributed by atoms with van der Waals surface area (Å²) in [7, 11) is 0. The van der Waals surface area contributed by atoms with E-state index in [1.165, 1.54) is 0 Å². The minimum Gasteiger partial charge on any atom is -0.392 e. The summed E-state index contributed by atoms with van der Waals surface area (Å²) in [6.07, 6.45) is 5.95. The third kappa shape index (κ3) is 1.69. The third-order valence-electron chi connectivity index (χ3n) is 5.21. The summed E-state index contributed by atoms with van der Waals surface area (Å²) in [5.74, 6) is 0.329. The van der Waals surface area contributed by atoms with Gasteiger partial charge in [0.2, 0.25) is 0 Å². The number of aliphatic hydroxyl groups excluding tert-OH is 1. The van der Waals surface area contributed by atoms with Gasteiger partial charge in [0.05, 0.1) is 11.7 Å². The van der Waals surface area contributed by atoms with Crippen molar-refractivity contribution in [1.82, 2.24) is 0 Å². The molecule has 0 aromatic rings. The average Bonchev–Trinajstić information content (AvgIpc) is 2.23. The van der Waals surface area contributed by atoms with Crippen LogP contribution in [0.5, 0.6) is 0 Å². The number of fused-ring (bicyclic) bond motifs is 1. The van der Waals surface area contributed by atoms with Crippen molar-refractivity contribution in [1.29, 1.82) is 0 Å². The summed E-state index contributed by atoms with van der Waals surface area (Å²) in [6, 6.07) is 0. The molecule has 0 spiro atoms. The fourth-order valence-electron chi connectivity index (χ4n) is 3.58. The van der Waals surface area contributed by atoms with Crippen LogP contribution in [0.2, 0.25) is 0 Å². The first-order valence-electron chi connectivity index (χ1n) is 6.54. The van der Waals surface area contributed by atoms with Crippen LogP contribution in [0.3, 0.4) is 0 Å². The fourth-order valence-corrected chi connectivity index (χ4v) is 3.58. The van der Waals surface area contributed by atoms with Gasteiger partial charge in [-0.1, -0.05) is 38.2 Å². The zero-order valence-electron chi connectivity index (χ0n) is 11.1. The van der Waals surface area contributed by atoms with Gasteiger partial charge < -0.3 is 10.2 Å². The topological polar surface area (TPSA) is 40.5 Å². The van der Waals surface area contributed by atoms with Crippen LogP contribution >= 0.6 is 0 Å². The summed E-state index contributed by atoms with van der Waals surface area (Å²) in [4.78, 5) is 0. The molecular weight excluding hydrogens is 212 g/mol. The van der Waals surface area contributed by atoms with Crippen LogP contribution in [0.15, 0.2) is 24.3 Å². The molecule has 0 amide bonds. The van der Waals surface area contributed by atoms with Crippen molar-refractivity contribution >= 4 is 0 Å². The second-order valence-electron chi connectivity index (χ2n) is 6.26. The molecule has 17 heavy (non-hydrogen) atoms. The number of rotatable bonds is 1. The highest BCUT2D eigenvalue weighted by Gasteiger charge is 2.58. The number of allylic oxidation sites excluding steroid dienone is 2. The SMILES string of the molecule is C=C(C)[C@@H]1C[C@@H](O)[C@]2(C)CC=C[C@@H](C)[C@]2(O)C1. The van der Waals surface area contributed by atoms with Gasteiger partial charge in [0.25, 0.3) is 0 Å². The minimum absolute atomic E-state index is 0.0954. The predicted octanol–water partition coefficient (Wildman–Crippen LogP) is 2.67. The maximum atomic E-state index is 11.1. The molecule has 0 aliphatic heterocycles. The Balaban J connectivity index is 2.40. The Labute approximate surface area is 104 Å². The van der Waals surface area contributed by atoms with Crippen LogP contribution < -0.4 is 0 Å². The Morgan fingerprint density at radius 3 is 2.71 bits per heavy atom. The maximum absolute atomic E-state index is 11.1. The molecule has 2 aliphatic rings. The van der Waals surface area contributed by atoms with Crippen molar-refractivity contribution in [2.45, 2.75) is 51.7 Å². The molecule has 96 valence electrons. The number of hydrogen-bond acceptors (Lipinski definition) is 2. The van der Waals surface area contributed by atoms with Gasteiger partial charge in [-0.05, 0) is 32.1 Å². The van der Waals surface area contributed by atoms with E-state index in [9.17, 15) is 10.2 Å². The Kier molecular flexibility index (Phi) is 2.99. The molecule has 0 unspecified atom stereocenters. The average molecular weight is 236 g/mol. The van der Waals surface area contributed by atoms with Crippen molar-refractivity contribution < 1.29 is 10.2 Å². The molecule has 0 aromatic carbocycles. The first-order chi connectivity index (χ1) is 7.81. The molecule has 2 rings (SSSR count). The lowest BCUT2D eigenvalue weighted by molar-refractivity contribution is -0.194. The van der Waals surface area contributed by atoms with E-state index in [4.69, 9.17) is 0 Å². The standard InChI is InChI=1S/C15H24O2/c1-10(2)12-8-13(16)14(4)7-5-6-11(3)15(14,17)9-12/h5-6,11-13,16-17H,1,7-9H2,2-4H3/t11-,12-,13-,14+,15-/m1/s1. The molecule has 5 atom stereocenters. The van der Waals surface area contributed by atoms with Gasteiger partial charge in [-0.15, -0.1) is 0 Å². The largest absolute Gasteiger partial charge is 0.392 e. The highest BCUT2D eigenvalue weighted by molar-refractivity contribution is 5.20. The Morgan fingerprint density at radius 1 is 1.47 bits per heavy atom. The summed E-state index contributed by atoms with van der Waals surface area (Å²) < 4.78 is 0. The zero-order chi connectivity index (χ0) is 12.8. The van der Waals surface area contributed by atoms with E-state index < -0.39 is 17.1 Å². The maximum Gasteiger partial charge on any atom is 0.0794 e. The smallest absolute Gasteiger partial charge is 0.0794 e.